The summed E-state index contributed by atoms with van der Waals surface area (Å²) in [5, 5.41) is 9.68. The molecule has 1 aliphatic carbocycles. The second kappa shape index (κ2) is 8.02. The molecule has 1 saturated carbocycles. The second-order valence-electron chi connectivity index (χ2n) is 8.43. The average molecular weight is 451 g/mol. The number of fused-ring (bicyclic) bond motifs is 1. The molecule has 10 nitrogen and oxygen atoms in total. The fourth-order valence-corrected chi connectivity index (χ4v) is 4.54. The Morgan fingerprint density at radius 1 is 1.18 bits per heavy atom. The normalized spacial score (nSPS) is 16.4. The molecule has 2 aromatic heterocycles. The Bertz CT molecular complexity index is 1340. The SMILES string of the molecule is CCOc1c(C(=O)O)nc(-c2nc3ccc(N4CCCC4=O)cc3n2C2CCC2)n(C)c1=O. The van der Waals surface area contributed by atoms with Crippen LogP contribution in [-0.2, 0) is 11.8 Å². The number of hydrogen-bond acceptors (Lipinski definition) is 6. The van der Waals surface area contributed by atoms with Gasteiger partial charge in [0.25, 0.3) is 5.56 Å². The van der Waals surface area contributed by atoms with Gasteiger partial charge in [0.1, 0.15) is 0 Å². The number of carbonyl (C=O) groups is 2. The van der Waals surface area contributed by atoms with Crippen LogP contribution in [0.5, 0.6) is 5.75 Å². The minimum atomic E-state index is -1.33. The van der Waals surface area contributed by atoms with Gasteiger partial charge in [-0.3, -0.25) is 14.2 Å². The van der Waals surface area contributed by atoms with E-state index in [0.717, 1.165) is 36.9 Å². The first-order valence-corrected chi connectivity index (χ1v) is 11.2. The Hall–Kier alpha value is -3.69. The van der Waals surface area contributed by atoms with Crippen LogP contribution in [0.2, 0.25) is 0 Å². The molecule has 0 bridgehead atoms. The van der Waals surface area contributed by atoms with E-state index >= 15 is 0 Å². The maximum atomic E-state index is 13.0. The van der Waals surface area contributed by atoms with Gasteiger partial charge in [0.05, 0.1) is 17.6 Å². The van der Waals surface area contributed by atoms with Crippen LogP contribution in [0.25, 0.3) is 22.7 Å². The van der Waals surface area contributed by atoms with Gasteiger partial charge in [-0.15, -0.1) is 0 Å². The highest BCUT2D eigenvalue weighted by Crippen LogP contribution is 2.39. The fourth-order valence-electron chi connectivity index (χ4n) is 4.54. The van der Waals surface area contributed by atoms with Crippen molar-refractivity contribution in [1.82, 2.24) is 19.1 Å². The summed E-state index contributed by atoms with van der Waals surface area (Å²) >= 11 is 0. The zero-order chi connectivity index (χ0) is 23.3. The van der Waals surface area contributed by atoms with Gasteiger partial charge in [-0.25, -0.2) is 14.8 Å². The van der Waals surface area contributed by atoms with Gasteiger partial charge in [-0.2, -0.15) is 0 Å². The van der Waals surface area contributed by atoms with E-state index < -0.39 is 17.2 Å². The predicted octanol–water partition coefficient (Wildman–Crippen LogP) is 2.75. The van der Waals surface area contributed by atoms with Gasteiger partial charge >= 0.3 is 5.97 Å². The molecule has 1 aromatic carbocycles. The largest absolute Gasteiger partial charge is 0.486 e. The van der Waals surface area contributed by atoms with Crippen molar-refractivity contribution >= 4 is 28.6 Å². The summed E-state index contributed by atoms with van der Waals surface area (Å²) < 4.78 is 8.64. The number of benzene rings is 1. The molecular formula is C23H25N5O5. The summed E-state index contributed by atoms with van der Waals surface area (Å²) in [7, 11) is 1.54. The summed E-state index contributed by atoms with van der Waals surface area (Å²) in [6.07, 6.45) is 4.34. The van der Waals surface area contributed by atoms with E-state index in [0.29, 0.717) is 24.3 Å². The third kappa shape index (κ3) is 3.37. The zero-order valence-corrected chi connectivity index (χ0v) is 18.6. The van der Waals surface area contributed by atoms with Gasteiger partial charge in [-0.05, 0) is 50.8 Å². The van der Waals surface area contributed by atoms with Crippen molar-refractivity contribution in [1.29, 1.82) is 0 Å². The van der Waals surface area contributed by atoms with Crippen LogP contribution in [0.15, 0.2) is 23.0 Å². The lowest BCUT2D eigenvalue weighted by Gasteiger charge is -2.29. The Morgan fingerprint density at radius 3 is 2.58 bits per heavy atom. The molecule has 2 fully saturated rings. The molecule has 0 spiro atoms. The van der Waals surface area contributed by atoms with Crippen LogP contribution >= 0.6 is 0 Å². The standard InChI is InChI=1S/C23H25N5O5/c1-3-33-19-18(23(31)32)25-20(26(2)22(19)30)21-24-15-10-9-14(27-11-5-8-17(27)29)12-16(15)28(21)13-6-4-7-13/h9-10,12-13H,3-8,11H2,1-2H3,(H,31,32). The van der Waals surface area contributed by atoms with E-state index in [1.165, 1.54) is 11.6 Å². The number of aromatic nitrogens is 4. The van der Waals surface area contributed by atoms with Crippen LogP contribution in [0.3, 0.4) is 0 Å². The number of imidazole rings is 1. The Balaban J connectivity index is 1.74. The number of hydrogen-bond donors (Lipinski definition) is 1. The third-order valence-corrected chi connectivity index (χ3v) is 6.44. The van der Waals surface area contributed by atoms with Crippen LogP contribution in [0.1, 0.15) is 55.6 Å². The van der Waals surface area contributed by atoms with Gasteiger partial charge in [0.2, 0.25) is 11.7 Å². The molecule has 1 N–H and O–H groups in total. The Morgan fingerprint density at radius 2 is 1.97 bits per heavy atom. The maximum Gasteiger partial charge on any atom is 0.358 e. The molecule has 1 saturated heterocycles. The molecule has 1 aliphatic heterocycles. The van der Waals surface area contributed by atoms with Crippen molar-refractivity contribution in [3.05, 3.63) is 34.2 Å². The summed E-state index contributed by atoms with van der Waals surface area (Å²) in [4.78, 5) is 48.0. The highest BCUT2D eigenvalue weighted by molar-refractivity contribution is 5.97. The van der Waals surface area contributed by atoms with Crippen LogP contribution < -0.4 is 15.2 Å². The number of anilines is 1. The van der Waals surface area contributed by atoms with Crippen LogP contribution in [0.4, 0.5) is 5.69 Å². The van der Waals surface area contributed by atoms with Crippen LogP contribution in [-0.4, -0.2) is 49.2 Å². The van der Waals surface area contributed by atoms with Crippen molar-refractivity contribution in [3.8, 4) is 17.4 Å². The zero-order valence-electron chi connectivity index (χ0n) is 18.6. The second-order valence-corrected chi connectivity index (χ2v) is 8.43. The maximum absolute atomic E-state index is 13.0. The lowest BCUT2D eigenvalue weighted by atomic mass is 9.92. The molecule has 0 unspecified atom stereocenters. The number of aromatic carboxylic acids is 1. The topological polar surface area (TPSA) is 120 Å². The number of amides is 1. The molecule has 172 valence electrons. The van der Waals surface area contributed by atoms with Crippen molar-refractivity contribution in [2.24, 2.45) is 7.05 Å². The minimum Gasteiger partial charge on any atom is -0.486 e. The minimum absolute atomic E-state index is 0.103. The third-order valence-electron chi connectivity index (χ3n) is 6.44. The molecular weight excluding hydrogens is 426 g/mol. The molecule has 10 heteroatoms. The van der Waals surface area contributed by atoms with Gasteiger partial charge in [0, 0.05) is 31.7 Å². The molecule has 5 rings (SSSR count). The van der Waals surface area contributed by atoms with E-state index in [1.807, 2.05) is 22.8 Å². The van der Waals surface area contributed by atoms with Crippen LogP contribution in [0, 0.1) is 0 Å². The number of carbonyl (C=O) groups excluding carboxylic acids is 1. The summed E-state index contributed by atoms with van der Waals surface area (Å²) in [6, 6.07) is 5.85. The predicted molar refractivity (Wildman–Crippen MR) is 121 cm³/mol. The average Bonchev–Trinajstić information content (AvgIpc) is 3.34. The molecule has 3 heterocycles. The van der Waals surface area contributed by atoms with E-state index in [2.05, 4.69) is 4.98 Å². The van der Waals surface area contributed by atoms with Crippen molar-refractivity contribution in [2.75, 3.05) is 18.1 Å². The monoisotopic (exact) mass is 451 g/mol. The molecule has 0 atom stereocenters. The lowest BCUT2D eigenvalue weighted by molar-refractivity contribution is -0.117. The lowest BCUT2D eigenvalue weighted by Crippen LogP contribution is -2.27. The number of rotatable bonds is 6. The van der Waals surface area contributed by atoms with Gasteiger partial charge < -0.3 is 19.3 Å². The highest BCUT2D eigenvalue weighted by atomic mass is 16.5. The number of carboxylic acids is 1. The van der Waals surface area contributed by atoms with Gasteiger partial charge in [0.15, 0.2) is 17.3 Å². The molecule has 33 heavy (non-hydrogen) atoms. The number of ether oxygens (including phenoxy) is 1. The van der Waals surface area contributed by atoms with E-state index in [4.69, 9.17) is 9.72 Å². The number of nitrogens with zero attached hydrogens (tertiary/aromatic N) is 5. The molecule has 3 aromatic rings. The first-order chi connectivity index (χ1) is 15.9. The summed E-state index contributed by atoms with van der Waals surface area (Å²) in [5.74, 6) is -0.908. The molecule has 0 radical (unpaired) electrons. The first-order valence-electron chi connectivity index (χ1n) is 11.2. The van der Waals surface area contributed by atoms with E-state index in [1.54, 1.807) is 11.8 Å². The fraction of sp³-hybridized carbons (Fsp3) is 0.435. The van der Waals surface area contributed by atoms with Gasteiger partial charge in [-0.1, -0.05) is 0 Å². The Labute approximate surface area is 189 Å². The van der Waals surface area contributed by atoms with Crippen molar-refractivity contribution < 1.29 is 19.4 Å². The Kier molecular flexibility index (Phi) is 5.15. The number of carboxylic acid groups (broad SMARTS) is 1. The van der Waals surface area contributed by atoms with E-state index in [9.17, 15) is 19.5 Å². The van der Waals surface area contributed by atoms with Crippen molar-refractivity contribution in [2.45, 2.75) is 45.1 Å². The quantitative estimate of drug-likeness (QED) is 0.612. The van der Waals surface area contributed by atoms with E-state index in [-0.39, 0.29) is 30.1 Å². The molecule has 2 aliphatic rings. The smallest absolute Gasteiger partial charge is 0.358 e. The molecule has 1 amide bonds. The summed E-state index contributed by atoms with van der Waals surface area (Å²) in [5.41, 5.74) is 1.36. The summed E-state index contributed by atoms with van der Waals surface area (Å²) in [6.45, 7) is 2.51. The first kappa shape index (κ1) is 21.2. The highest BCUT2D eigenvalue weighted by Gasteiger charge is 2.30. The van der Waals surface area contributed by atoms with Crippen molar-refractivity contribution in [3.63, 3.8) is 0 Å².